The molecule has 5 nitrogen and oxygen atoms in total. The van der Waals surface area contributed by atoms with Gasteiger partial charge in [-0.25, -0.2) is 0 Å². The number of hydrogen-bond acceptors (Lipinski definition) is 4. The van der Waals surface area contributed by atoms with Gasteiger partial charge in [0.2, 0.25) is 0 Å². The summed E-state index contributed by atoms with van der Waals surface area (Å²) < 4.78 is 7.84. The lowest BCUT2D eigenvalue weighted by molar-refractivity contribution is 0.0346. The first-order valence-corrected chi connectivity index (χ1v) is 8.67. The van der Waals surface area contributed by atoms with Crippen LogP contribution in [0, 0.1) is 0 Å². The van der Waals surface area contributed by atoms with Crippen molar-refractivity contribution in [3.8, 4) is 0 Å². The van der Waals surface area contributed by atoms with Crippen molar-refractivity contribution in [1.29, 1.82) is 0 Å². The second-order valence-electron chi connectivity index (χ2n) is 6.48. The Hall–Kier alpha value is -1.72. The van der Waals surface area contributed by atoms with Gasteiger partial charge in [0.25, 0.3) is 0 Å². The van der Waals surface area contributed by atoms with Gasteiger partial charge in [0.1, 0.15) is 11.6 Å². The van der Waals surface area contributed by atoms with E-state index in [0.29, 0.717) is 6.04 Å². The molecule has 0 atom stereocenters. The van der Waals surface area contributed by atoms with Gasteiger partial charge in [-0.05, 0) is 18.4 Å². The average Bonchev–Trinajstić information content (AvgIpc) is 2.86. The molecule has 0 N–H and O–H groups in total. The van der Waals surface area contributed by atoms with Crippen molar-refractivity contribution in [3.63, 3.8) is 0 Å². The molecule has 0 unspecified atom stereocenters. The smallest absolute Gasteiger partial charge is 0.137 e. The van der Waals surface area contributed by atoms with Crippen molar-refractivity contribution in [2.45, 2.75) is 38.3 Å². The zero-order chi connectivity index (χ0) is 15.5. The predicted molar refractivity (Wildman–Crippen MR) is 88.4 cm³/mol. The van der Waals surface area contributed by atoms with Gasteiger partial charge in [0, 0.05) is 51.7 Å². The van der Waals surface area contributed by atoms with E-state index in [4.69, 9.17) is 4.74 Å². The molecule has 4 rings (SSSR count). The number of aromatic nitrogens is 3. The lowest BCUT2D eigenvalue weighted by Gasteiger charge is -2.33. The summed E-state index contributed by atoms with van der Waals surface area (Å²) in [6.07, 6.45) is 4.19. The van der Waals surface area contributed by atoms with Crippen LogP contribution in [0.1, 0.15) is 30.1 Å². The van der Waals surface area contributed by atoms with E-state index >= 15 is 0 Å². The molecule has 2 aliphatic rings. The van der Waals surface area contributed by atoms with Crippen LogP contribution in [0.3, 0.4) is 0 Å². The first-order valence-electron chi connectivity index (χ1n) is 8.67. The van der Waals surface area contributed by atoms with Gasteiger partial charge in [-0.15, -0.1) is 10.2 Å². The predicted octanol–water partition coefficient (Wildman–Crippen LogP) is 1.91. The second-order valence-corrected chi connectivity index (χ2v) is 6.48. The van der Waals surface area contributed by atoms with E-state index in [0.717, 1.165) is 70.2 Å². The summed E-state index contributed by atoms with van der Waals surface area (Å²) in [6, 6.07) is 11.2. The van der Waals surface area contributed by atoms with Crippen molar-refractivity contribution in [2.75, 3.05) is 26.3 Å². The van der Waals surface area contributed by atoms with E-state index in [1.54, 1.807) is 0 Å². The Morgan fingerprint density at radius 1 is 1.00 bits per heavy atom. The SMILES string of the molecule is c1ccc(Cc2nnc3n2CCN(C2CCOCC2)CC3)cc1. The third kappa shape index (κ3) is 3.31. The molecule has 0 saturated carbocycles. The highest BCUT2D eigenvalue weighted by atomic mass is 16.5. The van der Waals surface area contributed by atoms with Crippen molar-refractivity contribution in [3.05, 3.63) is 47.5 Å². The summed E-state index contributed by atoms with van der Waals surface area (Å²) in [4.78, 5) is 2.63. The maximum atomic E-state index is 5.50. The second kappa shape index (κ2) is 6.81. The normalized spacial score (nSPS) is 20.2. The first-order chi connectivity index (χ1) is 11.4. The molecule has 2 aliphatic heterocycles. The van der Waals surface area contributed by atoms with Gasteiger partial charge < -0.3 is 9.30 Å². The molecular formula is C18H24N4O. The van der Waals surface area contributed by atoms with Crippen LogP contribution >= 0.6 is 0 Å². The van der Waals surface area contributed by atoms with E-state index in [9.17, 15) is 0 Å². The lowest BCUT2D eigenvalue weighted by atomic mass is 10.1. The fourth-order valence-electron chi connectivity index (χ4n) is 3.72. The summed E-state index contributed by atoms with van der Waals surface area (Å²) in [5.41, 5.74) is 1.30. The number of rotatable bonds is 3. The van der Waals surface area contributed by atoms with Crippen molar-refractivity contribution in [2.24, 2.45) is 0 Å². The van der Waals surface area contributed by atoms with E-state index in [1.165, 1.54) is 5.56 Å². The lowest BCUT2D eigenvalue weighted by Crippen LogP contribution is -2.41. The number of hydrogen-bond donors (Lipinski definition) is 0. The number of fused-ring (bicyclic) bond motifs is 1. The fraction of sp³-hybridized carbons (Fsp3) is 0.556. The maximum Gasteiger partial charge on any atom is 0.137 e. The van der Waals surface area contributed by atoms with E-state index in [1.807, 2.05) is 0 Å². The van der Waals surface area contributed by atoms with Crippen LogP contribution in [0.5, 0.6) is 0 Å². The minimum absolute atomic E-state index is 0.680. The Morgan fingerprint density at radius 2 is 1.83 bits per heavy atom. The molecule has 0 aliphatic carbocycles. The molecule has 1 aromatic carbocycles. The molecule has 3 heterocycles. The molecule has 1 aromatic heterocycles. The van der Waals surface area contributed by atoms with Gasteiger partial charge in [-0.2, -0.15) is 0 Å². The summed E-state index contributed by atoms with van der Waals surface area (Å²) in [7, 11) is 0. The monoisotopic (exact) mass is 312 g/mol. The number of nitrogens with zero attached hydrogens (tertiary/aromatic N) is 4. The highest BCUT2D eigenvalue weighted by Gasteiger charge is 2.25. The van der Waals surface area contributed by atoms with Gasteiger partial charge in [0.05, 0.1) is 0 Å². The molecule has 1 fully saturated rings. The third-order valence-corrected chi connectivity index (χ3v) is 5.05. The molecule has 122 valence electrons. The van der Waals surface area contributed by atoms with Crippen LogP contribution in [0.4, 0.5) is 0 Å². The summed E-state index contributed by atoms with van der Waals surface area (Å²) in [5.74, 6) is 2.24. The summed E-state index contributed by atoms with van der Waals surface area (Å²) in [5, 5.41) is 8.90. The molecular weight excluding hydrogens is 288 g/mol. The molecule has 23 heavy (non-hydrogen) atoms. The largest absolute Gasteiger partial charge is 0.381 e. The van der Waals surface area contributed by atoms with Gasteiger partial charge in [-0.3, -0.25) is 4.90 Å². The van der Waals surface area contributed by atoms with Crippen molar-refractivity contribution >= 4 is 0 Å². The molecule has 0 amide bonds. The van der Waals surface area contributed by atoms with Crippen LogP contribution in [-0.2, 0) is 24.1 Å². The standard InChI is InChI=1S/C18H24N4O/c1-2-4-15(5-3-1)14-18-20-19-17-6-9-21(10-11-22(17)18)16-7-12-23-13-8-16/h1-5,16H,6-14H2. The molecule has 1 saturated heterocycles. The Morgan fingerprint density at radius 3 is 2.65 bits per heavy atom. The first kappa shape index (κ1) is 14.8. The average molecular weight is 312 g/mol. The Kier molecular flexibility index (Phi) is 4.39. The van der Waals surface area contributed by atoms with Crippen LogP contribution in [0.15, 0.2) is 30.3 Å². The Labute approximate surface area is 137 Å². The van der Waals surface area contributed by atoms with Gasteiger partial charge in [-0.1, -0.05) is 30.3 Å². The Bertz CT molecular complexity index is 634. The van der Waals surface area contributed by atoms with Gasteiger partial charge in [0.15, 0.2) is 0 Å². The molecule has 0 radical (unpaired) electrons. The molecule has 5 heteroatoms. The van der Waals surface area contributed by atoms with Gasteiger partial charge >= 0.3 is 0 Å². The van der Waals surface area contributed by atoms with Crippen LogP contribution in [0.2, 0.25) is 0 Å². The topological polar surface area (TPSA) is 43.2 Å². The molecule has 0 bridgehead atoms. The fourth-order valence-corrected chi connectivity index (χ4v) is 3.72. The van der Waals surface area contributed by atoms with E-state index < -0.39 is 0 Å². The van der Waals surface area contributed by atoms with Crippen LogP contribution in [-0.4, -0.2) is 52.0 Å². The van der Waals surface area contributed by atoms with Crippen molar-refractivity contribution < 1.29 is 4.74 Å². The maximum absolute atomic E-state index is 5.50. The minimum atomic E-state index is 0.680. The number of ether oxygens (including phenoxy) is 1. The quantitative estimate of drug-likeness (QED) is 0.868. The van der Waals surface area contributed by atoms with Crippen molar-refractivity contribution in [1.82, 2.24) is 19.7 Å². The van der Waals surface area contributed by atoms with Crippen LogP contribution in [0.25, 0.3) is 0 Å². The third-order valence-electron chi connectivity index (χ3n) is 5.05. The molecule has 2 aromatic rings. The zero-order valence-electron chi connectivity index (χ0n) is 13.5. The van der Waals surface area contributed by atoms with E-state index in [-0.39, 0.29) is 0 Å². The number of benzene rings is 1. The summed E-state index contributed by atoms with van der Waals surface area (Å²) in [6.45, 7) is 5.01. The molecule has 0 spiro atoms. The van der Waals surface area contributed by atoms with E-state index in [2.05, 4.69) is 50.0 Å². The summed E-state index contributed by atoms with van der Waals surface area (Å²) >= 11 is 0. The highest BCUT2D eigenvalue weighted by molar-refractivity contribution is 5.19. The minimum Gasteiger partial charge on any atom is -0.381 e. The highest BCUT2D eigenvalue weighted by Crippen LogP contribution is 2.19. The zero-order valence-corrected chi connectivity index (χ0v) is 13.5. The van der Waals surface area contributed by atoms with Crippen LogP contribution < -0.4 is 0 Å². The Balaban J connectivity index is 1.46.